The van der Waals surface area contributed by atoms with Gasteiger partial charge in [0.25, 0.3) is 0 Å². The van der Waals surface area contributed by atoms with Crippen LogP contribution in [-0.2, 0) is 0 Å². The molecule has 120 valence electrons. The number of benzene rings is 2. The van der Waals surface area contributed by atoms with Crippen LogP contribution in [0.4, 0.5) is 17.3 Å². The van der Waals surface area contributed by atoms with E-state index in [1.165, 1.54) is 29.6 Å². The Labute approximate surface area is 130 Å². The highest BCUT2D eigenvalue weighted by atomic mass is 31.1. The Bertz CT molecular complexity index is 471. The second-order valence-electron chi connectivity index (χ2n) is 4.81. The van der Waals surface area contributed by atoms with E-state index in [-0.39, 0.29) is 0 Å². The van der Waals surface area contributed by atoms with Crippen molar-refractivity contribution in [3.05, 3.63) is 60.7 Å². The Morgan fingerprint density at radius 3 is 1.45 bits per heavy atom. The molecule has 0 amide bonds. The molecule has 2 aromatic rings. The average Bonchev–Trinajstić information content (AvgIpc) is 2.48. The van der Waals surface area contributed by atoms with Crippen LogP contribution >= 0.6 is 7.92 Å². The largest absolute Gasteiger partial charge is 0.673 e. The van der Waals surface area contributed by atoms with E-state index in [1.54, 1.807) is 0 Å². The molecule has 0 aromatic heterocycles. The highest BCUT2D eigenvalue weighted by Crippen LogP contribution is 2.34. The summed E-state index contributed by atoms with van der Waals surface area (Å²) in [6.45, 7) is 2.27. The Morgan fingerprint density at radius 1 is 0.773 bits per heavy atom. The van der Waals surface area contributed by atoms with Crippen molar-refractivity contribution >= 4 is 25.8 Å². The van der Waals surface area contributed by atoms with Crippen LogP contribution in [0, 0.1) is 0 Å². The predicted molar refractivity (Wildman–Crippen MR) is 90.4 cm³/mol. The minimum Gasteiger partial charge on any atom is -0.418 e. The van der Waals surface area contributed by atoms with Gasteiger partial charge in [-0.05, 0) is 30.7 Å². The van der Waals surface area contributed by atoms with E-state index in [0.29, 0.717) is 0 Å². The summed E-state index contributed by atoms with van der Waals surface area (Å²) in [6, 6.07) is 22.0. The van der Waals surface area contributed by atoms with Crippen molar-refractivity contribution in [1.82, 2.24) is 0 Å². The predicted octanol–water partition coefficient (Wildman–Crippen LogP) is 4.95. The maximum Gasteiger partial charge on any atom is 0.673 e. The van der Waals surface area contributed by atoms with Gasteiger partial charge in [0.05, 0.1) is 24.7 Å². The summed E-state index contributed by atoms with van der Waals surface area (Å²) in [5.74, 6) is 0. The molecule has 0 heterocycles. The van der Waals surface area contributed by atoms with Crippen molar-refractivity contribution in [2.45, 2.75) is 19.8 Å². The summed E-state index contributed by atoms with van der Waals surface area (Å²) in [5.41, 5.74) is 0. The summed E-state index contributed by atoms with van der Waals surface area (Å²) in [6.07, 6.45) is 3.96. The first kappa shape index (κ1) is 18.7. The van der Waals surface area contributed by atoms with Crippen LogP contribution in [0.3, 0.4) is 0 Å². The molecule has 0 N–H and O–H groups in total. The summed E-state index contributed by atoms with van der Waals surface area (Å²) in [4.78, 5) is 0. The normalized spacial score (nSPS) is 11.0. The van der Waals surface area contributed by atoms with Crippen LogP contribution < -0.4 is 10.6 Å². The van der Waals surface area contributed by atoms with E-state index >= 15 is 0 Å². The van der Waals surface area contributed by atoms with E-state index in [1.807, 2.05) is 0 Å². The van der Waals surface area contributed by atoms with E-state index in [0.717, 1.165) is 0 Å². The van der Waals surface area contributed by atoms with Gasteiger partial charge in [0.1, 0.15) is 0 Å². The molecule has 0 nitrogen and oxygen atoms in total. The molecule has 0 saturated heterocycles. The first-order valence-corrected chi connectivity index (χ1v) is 8.96. The Kier molecular flexibility index (Phi) is 8.18. The molecule has 2 aromatic carbocycles. The summed E-state index contributed by atoms with van der Waals surface area (Å²) in [5, 5.41) is 3.08. The van der Waals surface area contributed by atoms with Crippen LogP contribution in [0.5, 0.6) is 0 Å². The van der Waals surface area contributed by atoms with Crippen molar-refractivity contribution in [3.8, 4) is 0 Å². The fraction of sp³-hybridized carbons (Fsp3) is 0.250. The number of rotatable bonds is 5. The van der Waals surface area contributed by atoms with Crippen molar-refractivity contribution in [2.24, 2.45) is 0 Å². The third-order valence-electron chi connectivity index (χ3n) is 3.02. The fourth-order valence-corrected chi connectivity index (χ4v) is 4.89. The molecular weight excluding hydrogens is 310 g/mol. The lowest BCUT2D eigenvalue weighted by Gasteiger charge is -2.09. The molecule has 0 saturated carbocycles. The Balaban J connectivity index is 0.000000422. The molecule has 6 heteroatoms. The van der Waals surface area contributed by atoms with Crippen molar-refractivity contribution < 1.29 is 17.3 Å². The minimum absolute atomic E-state index is 0.562. The minimum atomic E-state index is -6.00. The topological polar surface area (TPSA) is 0 Å². The monoisotopic (exact) mass is 330 g/mol. The van der Waals surface area contributed by atoms with Crippen LogP contribution in [0.1, 0.15) is 19.8 Å². The van der Waals surface area contributed by atoms with Crippen molar-refractivity contribution in [2.75, 3.05) is 6.16 Å². The maximum absolute atomic E-state index is 9.75. The Hall–Kier alpha value is -1.35. The van der Waals surface area contributed by atoms with Gasteiger partial charge in [-0.3, -0.25) is 0 Å². The van der Waals surface area contributed by atoms with Gasteiger partial charge in [0.15, 0.2) is 0 Å². The van der Waals surface area contributed by atoms with Crippen LogP contribution in [0.15, 0.2) is 60.7 Å². The first-order valence-electron chi connectivity index (χ1n) is 7.25. The van der Waals surface area contributed by atoms with Gasteiger partial charge in [-0.25, -0.2) is 0 Å². The van der Waals surface area contributed by atoms with Gasteiger partial charge in [0, 0.05) is 0 Å². The van der Waals surface area contributed by atoms with Gasteiger partial charge < -0.3 is 17.3 Å². The number of hydrogen-bond acceptors (Lipinski definition) is 0. The van der Waals surface area contributed by atoms with E-state index in [9.17, 15) is 17.3 Å². The molecule has 22 heavy (non-hydrogen) atoms. The quantitative estimate of drug-likeness (QED) is 0.413. The third kappa shape index (κ3) is 8.18. The fourth-order valence-electron chi connectivity index (χ4n) is 2.09. The second kappa shape index (κ2) is 9.63. The number of hydrogen-bond donors (Lipinski definition) is 0. The molecule has 0 spiro atoms. The van der Waals surface area contributed by atoms with Gasteiger partial charge in [-0.1, -0.05) is 49.7 Å². The second-order valence-corrected chi connectivity index (χ2v) is 7.42. The third-order valence-corrected chi connectivity index (χ3v) is 5.94. The molecular formula is C16H20BF4P. The smallest absolute Gasteiger partial charge is 0.418 e. The zero-order valence-electron chi connectivity index (χ0n) is 12.5. The van der Waals surface area contributed by atoms with Crippen molar-refractivity contribution in [3.63, 3.8) is 0 Å². The van der Waals surface area contributed by atoms with Gasteiger partial charge >= 0.3 is 7.25 Å². The molecule has 0 fully saturated rings. The first-order chi connectivity index (χ1) is 10.4. The maximum atomic E-state index is 9.75. The number of unbranched alkanes of at least 4 members (excludes halogenated alkanes) is 1. The highest BCUT2D eigenvalue weighted by Gasteiger charge is 2.21. The van der Waals surface area contributed by atoms with E-state index in [2.05, 4.69) is 67.6 Å². The standard InChI is InChI=1S/C16H19P.BF4/c1-2-3-14-17(15-10-6-4-7-11-15)16-12-8-5-9-13-16;2-1(3,4)5/h4-13H,2-3,14H2,1H3;/q;-1/p+1. The van der Waals surface area contributed by atoms with E-state index < -0.39 is 15.2 Å². The Morgan fingerprint density at radius 2 is 1.14 bits per heavy atom. The molecule has 0 aliphatic carbocycles. The molecule has 0 aliphatic heterocycles. The van der Waals surface area contributed by atoms with Crippen LogP contribution in [-0.4, -0.2) is 13.4 Å². The summed E-state index contributed by atoms with van der Waals surface area (Å²) < 4.78 is 39.0. The summed E-state index contributed by atoms with van der Waals surface area (Å²) >= 11 is 0. The van der Waals surface area contributed by atoms with E-state index in [4.69, 9.17) is 0 Å². The molecule has 0 unspecified atom stereocenters. The van der Waals surface area contributed by atoms with Crippen LogP contribution in [0.25, 0.3) is 0 Å². The molecule has 0 atom stereocenters. The van der Waals surface area contributed by atoms with Gasteiger partial charge in [-0.15, -0.1) is 0 Å². The van der Waals surface area contributed by atoms with Gasteiger partial charge in [0.2, 0.25) is 0 Å². The zero-order valence-corrected chi connectivity index (χ0v) is 13.5. The summed E-state index contributed by atoms with van der Waals surface area (Å²) in [7, 11) is -6.56. The van der Waals surface area contributed by atoms with Gasteiger partial charge in [-0.2, -0.15) is 0 Å². The molecule has 0 aliphatic rings. The van der Waals surface area contributed by atoms with Crippen LogP contribution in [0.2, 0.25) is 0 Å². The lowest BCUT2D eigenvalue weighted by molar-refractivity contribution is 0.368. The SMILES string of the molecule is CCCC[PH+](c1ccccc1)c1ccccc1.F[B-](F)(F)F. The molecule has 2 rings (SSSR count). The zero-order chi connectivity index (χ0) is 16.4. The molecule has 0 bridgehead atoms. The molecule has 0 radical (unpaired) electrons. The lowest BCUT2D eigenvalue weighted by Crippen LogP contribution is -2.13. The van der Waals surface area contributed by atoms with Crippen molar-refractivity contribution in [1.29, 1.82) is 0 Å². The lowest BCUT2D eigenvalue weighted by atomic mass is 10.3. The average molecular weight is 330 g/mol. The highest BCUT2D eigenvalue weighted by molar-refractivity contribution is 7.73. The number of halogens is 4.